The predicted molar refractivity (Wildman–Crippen MR) is 98.6 cm³/mol. The molecule has 0 unspecified atom stereocenters. The zero-order chi connectivity index (χ0) is 17.5. The Hall–Kier alpha value is -2.50. The molecule has 0 saturated carbocycles. The predicted octanol–water partition coefficient (Wildman–Crippen LogP) is 4.40. The maximum atomic E-state index is 11.9. The molecule has 7 heteroatoms. The summed E-state index contributed by atoms with van der Waals surface area (Å²) in [5.41, 5.74) is 2.00. The summed E-state index contributed by atoms with van der Waals surface area (Å²) in [7, 11) is 1.53. The smallest absolute Gasteiger partial charge is 0.318 e. The van der Waals surface area contributed by atoms with Crippen molar-refractivity contribution >= 4 is 52.6 Å². The second-order valence-electron chi connectivity index (χ2n) is 4.78. The Morgan fingerprint density at radius 1 is 0.917 bits per heavy atom. The van der Waals surface area contributed by atoms with Crippen molar-refractivity contribution < 1.29 is 9.59 Å². The molecule has 0 radical (unpaired) electrons. The van der Waals surface area contributed by atoms with Crippen LogP contribution < -0.4 is 16.0 Å². The SMILES string of the molecule is CNC(=O)Nc1ccc(NC(=O)/C=C/c2ccc(Cl)c(Cl)c2)cc1. The van der Waals surface area contributed by atoms with Gasteiger partial charge in [0.05, 0.1) is 10.0 Å². The van der Waals surface area contributed by atoms with Crippen molar-refractivity contribution in [3.05, 3.63) is 64.1 Å². The number of rotatable bonds is 4. The number of carbonyl (C=O) groups is 2. The second kappa shape index (κ2) is 8.38. The number of carbonyl (C=O) groups excluding carboxylic acids is 2. The molecule has 0 spiro atoms. The average molecular weight is 364 g/mol. The summed E-state index contributed by atoms with van der Waals surface area (Å²) in [4.78, 5) is 23.1. The van der Waals surface area contributed by atoms with Gasteiger partial charge in [0.15, 0.2) is 0 Å². The van der Waals surface area contributed by atoms with Gasteiger partial charge in [-0.3, -0.25) is 4.79 Å². The molecule has 0 aliphatic heterocycles. The topological polar surface area (TPSA) is 70.2 Å². The number of urea groups is 1. The van der Waals surface area contributed by atoms with Crippen LogP contribution in [0, 0.1) is 0 Å². The molecule has 0 heterocycles. The molecule has 0 aliphatic carbocycles. The van der Waals surface area contributed by atoms with Gasteiger partial charge in [0, 0.05) is 24.5 Å². The molecule has 3 amide bonds. The van der Waals surface area contributed by atoms with E-state index >= 15 is 0 Å². The van der Waals surface area contributed by atoms with E-state index in [9.17, 15) is 9.59 Å². The Labute approximate surface area is 149 Å². The van der Waals surface area contributed by atoms with Crippen molar-refractivity contribution in [2.75, 3.05) is 17.7 Å². The van der Waals surface area contributed by atoms with E-state index in [1.807, 2.05) is 0 Å². The van der Waals surface area contributed by atoms with E-state index in [1.54, 1.807) is 48.5 Å². The summed E-state index contributed by atoms with van der Waals surface area (Å²) < 4.78 is 0. The lowest BCUT2D eigenvalue weighted by Crippen LogP contribution is -2.24. The molecule has 0 saturated heterocycles. The Kier molecular flexibility index (Phi) is 6.23. The molecule has 2 aromatic carbocycles. The first-order valence-electron chi connectivity index (χ1n) is 7.01. The zero-order valence-corrected chi connectivity index (χ0v) is 14.3. The van der Waals surface area contributed by atoms with Crippen LogP contribution in [0.4, 0.5) is 16.2 Å². The van der Waals surface area contributed by atoms with Crippen molar-refractivity contribution in [3.63, 3.8) is 0 Å². The molecule has 24 heavy (non-hydrogen) atoms. The van der Waals surface area contributed by atoms with Crippen LogP contribution >= 0.6 is 23.2 Å². The summed E-state index contributed by atoms with van der Waals surface area (Å²) in [5.74, 6) is -0.284. The number of anilines is 2. The molecule has 2 aromatic rings. The van der Waals surface area contributed by atoms with Gasteiger partial charge in [-0.05, 0) is 48.0 Å². The molecular weight excluding hydrogens is 349 g/mol. The molecule has 5 nitrogen and oxygen atoms in total. The molecule has 0 atom stereocenters. The van der Waals surface area contributed by atoms with Gasteiger partial charge in [-0.1, -0.05) is 29.3 Å². The number of nitrogens with one attached hydrogen (secondary N) is 3. The van der Waals surface area contributed by atoms with Crippen LogP contribution in [0.5, 0.6) is 0 Å². The fourth-order valence-corrected chi connectivity index (χ4v) is 2.11. The summed E-state index contributed by atoms with van der Waals surface area (Å²) in [6, 6.07) is 11.5. The maximum Gasteiger partial charge on any atom is 0.318 e. The molecule has 0 aromatic heterocycles. The van der Waals surface area contributed by atoms with Gasteiger partial charge in [-0.2, -0.15) is 0 Å². The van der Waals surface area contributed by atoms with Crippen LogP contribution in [0.1, 0.15) is 5.56 Å². The van der Waals surface area contributed by atoms with E-state index in [2.05, 4.69) is 16.0 Å². The molecule has 2 rings (SSSR count). The highest BCUT2D eigenvalue weighted by Crippen LogP contribution is 2.23. The summed E-state index contributed by atoms with van der Waals surface area (Å²) in [6.45, 7) is 0. The first kappa shape index (κ1) is 17.8. The second-order valence-corrected chi connectivity index (χ2v) is 5.59. The molecule has 0 bridgehead atoms. The number of amides is 3. The maximum absolute atomic E-state index is 11.9. The van der Waals surface area contributed by atoms with Crippen molar-refractivity contribution in [2.24, 2.45) is 0 Å². The summed E-state index contributed by atoms with van der Waals surface area (Å²) in [5, 5.41) is 8.69. The fourth-order valence-electron chi connectivity index (χ4n) is 1.80. The largest absolute Gasteiger partial charge is 0.341 e. The monoisotopic (exact) mass is 363 g/mol. The van der Waals surface area contributed by atoms with Crippen LogP contribution in [0.25, 0.3) is 6.08 Å². The van der Waals surface area contributed by atoms with Crippen LogP contribution in [-0.4, -0.2) is 19.0 Å². The number of halogens is 2. The number of benzene rings is 2. The van der Waals surface area contributed by atoms with E-state index < -0.39 is 0 Å². The fraction of sp³-hybridized carbons (Fsp3) is 0.0588. The first-order valence-corrected chi connectivity index (χ1v) is 7.76. The third kappa shape index (κ3) is 5.30. The third-order valence-electron chi connectivity index (χ3n) is 3.01. The lowest BCUT2D eigenvalue weighted by molar-refractivity contribution is -0.111. The van der Waals surface area contributed by atoms with Gasteiger partial charge in [-0.25, -0.2) is 4.79 Å². The van der Waals surface area contributed by atoms with Gasteiger partial charge in [0.1, 0.15) is 0 Å². The average Bonchev–Trinajstić information content (AvgIpc) is 2.57. The van der Waals surface area contributed by atoms with Gasteiger partial charge < -0.3 is 16.0 Å². The highest BCUT2D eigenvalue weighted by Gasteiger charge is 2.01. The Balaban J connectivity index is 1.95. The lowest BCUT2D eigenvalue weighted by Gasteiger charge is -2.06. The van der Waals surface area contributed by atoms with Gasteiger partial charge >= 0.3 is 6.03 Å². The van der Waals surface area contributed by atoms with Crippen molar-refractivity contribution in [1.29, 1.82) is 0 Å². The van der Waals surface area contributed by atoms with Crippen LogP contribution in [0.3, 0.4) is 0 Å². The standard InChI is InChI=1S/C17H15Cl2N3O2/c1-20-17(24)22-13-6-4-12(5-7-13)21-16(23)9-3-11-2-8-14(18)15(19)10-11/h2-10H,1H3,(H,21,23)(H2,20,22,24)/b9-3+. The van der Waals surface area contributed by atoms with Crippen LogP contribution in [0.2, 0.25) is 10.0 Å². The van der Waals surface area contributed by atoms with E-state index in [1.165, 1.54) is 13.1 Å². The van der Waals surface area contributed by atoms with Gasteiger partial charge in [0.25, 0.3) is 0 Å². The number of hydrogen-bond donors (Lipinski definition) is 3. The minimum atomic E-state index is -0.309. The van der Waals surface area contributed by atoms with E-state index in [4.69, 9.17) is 23.2 Å². The minimum Gasteiger partial charge on any atom is -0.341 e. The van der Waals surface area contributed by atoms with E-state index in [-0.39, 0.29) is 11.9 Å². The zero-order valence-electron chi connectivity index (χ0n) is 12.8. The normalized spacial score (nSPS) is 10.5. The highest BCUT2D eigenvalue weighted by atomic mass is 35.5. The van der Waals surface area contributed by atoms with Gasteiger partial charge in [0.2, 0.25) is 5.91 Å². The molecule has 124 valence electrons. The summed E-state index contributed by atoms with van der Waals surface area (Å²) in [6.07, 6.45) is 3.04. The van der Waals surface area contributed by atoms with Crippen molar-refractivity contribution in [2.45, 2.75) is 0 Å². The first-order chi connectivity index (χ1) is 11.5. The van der Waals surface area contributed by atoms with E-state index in [0.717, 1.165) is 5.56 Å². The van der Waals surface area contributed by atoms with Gasteiger partial charge in [-0.15, -0.1) is 0 Å². The quantitative estimate of drug-likeness (QED) is 0.704. The Bertz CT molecular complexity index is 774. The minimum absolute atomic E-state index is 0.284. The lowest BCUT2D eigenvalue weighted by atomic mass is 10.2. The van der Waals surface area contributed by atoms with Crippen LogP contribution in [0.15, 0.2) is 48.5 Å². The summed E-state index contributed by atoms with van der Waals surface area (Å²) >= 11 is 11.8. The van der Waals surface area contributed by atoms with E-state index in [0.29, 0.717) is 21.4 Å². The van der Waals surface area contributed by atoms with Crippen LogP contribution in [-0.2, 0) is 4.79 Å². The molecular formula is C17H15Cl2N3O2. The molecule has 0 fully saturated rings. The number of hydrogen-bond acceptors (Lipinski definition) is 2. The van der Waals surface area contributed by atoms with Crippen molar-refractivity contribution in [3.8, 4) is 0 Å². The third-order valence-corrected chi connectivity index (χ3v) is 3.75. The Morgan fingerprint density at radius 2 is 1.54 bits per heavy atom. The molecule has 3 N–H and O–H groups in total. The van der Waals surface area contributed by atoms with Crippen molar-refractivity contribution in [1.82, 2.24) is 5.32 Å². The Morgan fingerprint density at radius 3 is 2.12 bits per heavy atom. The highest BCUT2D eigenvalue weighted by molar-refractivity contribution is 6.42. The molecule has 0 aliphatic rings.